The van der Waals surface area contributed by atoms with Crippen molar-refractivity contribution in [1.29, 1.82) is 0 Å². The minimum absolute atomic E-state index is 0.113. The Labute approximate surface area is 130 Å². The zero-order valence-corrected chi connectivity index (χ0v) is 12.9. The summed E-state index contributed by atoms with van der Waals surface area (Å²) in [6.45, 7) is 0. The van der Waals surface area contributed by atoms with E-state index in [9.17, 15) is 4.79 Å². The summed E-state index contributed by atoms with van der Waals surface area (Å²) in [5.74, 6) is 0.113. The van der Waals surface area contributed by atoms with Crippen molar-refractivity contribution < 1.29 is 4.79 Å². The van der Waals surface area contributed by atoms with Crippen molar-refractivity contribution in [3.05, 3.63) is 65.7 Å². The number of hydrogen-bond acceptors (Lipinski definition) is 2. The van der Waals surface area contributed by atoms with Gasteiger partial charge in [0.05, 0.1) is 0 Å². The fraction of sp³-hybridized carbons (Fsp3) is 0.316. The average Bonchev–Trinajstić information content (AvgIpc) is 2.56. The van der Waals surface area contributed by atoms with Gasteiger partial charge in [0, 0.05) is 21.3 Å². The Bertz CT molecular complexity index is 600. The molecule has 21 heavy (non-hydrogen) atoms. The molecule has 1 saturated carbocycles. The maximum absolute atomic E-state index is 12.5. The van der Waals surface area contributed by atoms with Crippen LogP contribution in [0.25, 0.3) is 0 Å². The second-order valence-corrected chi connectivity index (χ2v) is 6.97. The zero-order chi connectivity index (χ0) is 14.5. The van der Waals surface area contributed by atoms with E-state index < -0.39 is 0 Å². The molecule has 2 aromatic carbocycles. The highest BCUT2D eigenvalue weighted by Gasteiger charge is 2.15. The summed E-state index contributed by atoms with van der Waals surface area (Å²) in [6, 6.07) is 17.6. The molecule has 0 bridgehead atoms. The molecule has 0 N–H and O–H groups in total. The molecule has 1 aliphatic rings. The summed E-state index contributed by atoms with van der Waals surface area (Å²) < 4.78 is 0. The number of carbonyl (C=O) groups excluding carboxylic acids is 1. The van der Waals surface area contributed by atoms with E-state index in [0.717, 1.165) is 16.4 Å². The quantitative estimate of drug-likeness (QED) is 0.708. The Morgan fingerprint density at radius 3 is 2.33 bits per heavy atom. The highest BCUT2D eigenvalue weighted by Crippen LogP contribution is 2.34. The van der Waals surface area contributed by atoms with Crippen molar-refractivity contribution in [1.82, 2.24) is 0 Å². The summed E-state index contributed by atoms with van der Waals surface area (Å²) >= 11 is 1.94. The van der Waals surface area contributed by atoms with Gasteiger partial charge in [0.1, 0.15) is 0 Å². The maximum Gasteiger partial charge on any atom is 0.193 e. The van der Waals surface area contributed by atoms with Crippen molar-refractivity contribution in [2.24, 2.45) is 0 Å². The van der Waals surface area contributed by atoms with Crippen LogP contribution in [0.15, 0.2) is 59.5 Å². The fourth-order valence-corrected chi connectivity index (χ4v) is 4.15. The molecule has 0 aliphatic heterocycles. The first-order chi connectivity index (χ1) is 10.3. The Kier molecular flexibility index (Phi) is 4.76. The summed E-state index contributed by atoms with van der Waals surface area (Å²) in [6.07, 6.45) is 6.69. The molecule has 1 fully saturated rings. The first-order valence-electron chi connectivity index (χ1n) is 7.69. The SMILES string of the molecule is O=C(c1ccccc1)c1cccc(SC2CCCCC2)c1. The summed E-state index contributed by atoms with van der Waals surface area (Å²) in [4.78, 5) is 13.7. The predicted molar refractivity (Wildman–Crippen MR) is 89.0 cm³/mol. The van der Waals surface area contributed by atoms with Gasteiger partial charge in [0.25, 0.3) is 0 Å². The lowest BCUT2D eigenvalue weighted by molar-refractivity contribution is 0.103. The minimum atomic E-state index is 0.113. The third-order valence-corrected chi connectivity index (χ3v) is 5.32. The van der Waals surface area contributed by atoms with Gasteiger partial charge in [-0.15, -0.1) is 11.8 Å². The first-order valence-corrected chi connectivity index (χ1v) is 8.57. The number of ketones is 1. The molecule has 3 rings (SSSR count). The van der Waals surface area contributed by atoms with Crippen LogP contribution in [-0.4, -0.2) is 11.0 Å². The standard InChI is InChI=1S/C19H20OS/c20-19(15-8-3-1-4-9-15)16-10-7-13-18(14-16)21-17-11-5-2-6-12-17/h1,3-4,7-10,13-14,17H,2,5-6,11-12H2. The number of benzene rings is 2. The van der Waals surface area contributed by atoms with E-state index in [-0.39, 0.29) is 5.78 Å². The zero-order valence-electron chi connectivity index (χ0n) is 12.1. The van der Waals surface area contributed by atoms with E-state index in [2.05, 4.69) is 12.1 Å². The van der Waals surface area contributed by atoms with E-state index in [1.54, 1.807) is 0 Å². The van der Waals surface area contributed by atoms with Crippen molar-refractivity contribution in [3.63, 3.8) is 0 Å². The van der Waals surface area contributed by atoms with Gasteiger partial charge in [-0.3, -0.25) is 4.79 Å². The van der Waals surface area contributed by atoms with Crippen molar-refractivity contribution >= 4 is 17.5 Å². The smallest absolute Gasteiger partial charge is 0.193 e. The number of thioether (sulfide) groups is 1. The third-order valence-electron chi connectivity index (χ3n) is 3.99. The summed E-state index contributed by atoms with van der Waals surface area (Å²) in [5.41, 5.74) is 1.55. The first kappa shape index (κ1) is 14.4. The number of rotatable bonds is 4. The van der Waals surface area contributed by atoms with E-state index in [0.29, 0.717) is 0 Å². The van der Waals surface area contributed by atoms with Gasteiger partial charge in [-0.25, -0.2) is 0 Å². The molecule has 0 aromatic heterocycles. The topological polar surface area (TPSA) is 17.1 Å². The molecule has 1 nitrogen and oxygen atoms in total. The van der Waals surface area contributed by atoms with Gasteiger partial charge in [-0.05, 0) is 25.0 Å². The molecule has 0 heterocycles. The Morgan fingerprint density at radius 1 is 0.857 bits per heavy atom. The van der Waals surface area contributed by atoms with Gasteiger partial charge in [-0.1, -0.05) is 61.7 Å². The molecule has 1 aliphatic carbocycles. The molecule has 0 spiro atoms. The number of carbonyl (C=O) groups is 1. The van der Waals surface area contributed by atoms with E-state index in [1.165, 1.54) is 37.0 Å². The van der Waals surface area contributed by atoms with Crippen LogP contribution in [0.1, 0.15) is 48.0 Å². The largest absolute Gasteiger partial charge is 0.289 e. The van der Waals surface area contributed by atoms with E-state index >= 15 is 0 Å². The molecule has 0 unspecified atom stereocenters. The van der Waals surface area contributed by atoms with Gasteiger partial charge in [0.15, 0.2) is 5.78 Å². The van der Waals surface area contributed by atoms with Crippen molar-refractivity contribution in [3.8, 4) is 0 Å². The van der Waals surface area contributed by atoms with Crippen LogP contribution in [0.2, 0.25) is 0 Å². The van der Waals surface area contributed by atoms with E-state index in [4.69, 9.17) is 0 Å². The second-order valence-electron chi connectivity index (χ2n) is 5.60. The lowest BCUT2D eigenvalue weighted by atomic mass is 10.0. The van der Waals surface area contributed by atoms with Crippen LogP contribution < -0.4 is 0 Å². The monoisotopic (exact) mass is 296 g/mol. The fourth-order valence-electron chi connectivity index (χ4n) is 2.84. The van der Waals surface area contributed by atoms with Crippen LogP contribution in [0.4, 0.5) is 0 Å². The molecule has 108 valence electrons. The van der Waals surface area contributed by atoms with Crippen LogP contribution in [0, 0.1) is 0 Å². The highest BCUT2D eigenvalue weighted by molar-refractivity contribution is 8.00. The van der Waals surface area contributed by atoms with Crippen LogP contribution >= 0.6 is 11.8 Å². The Morgan fingerprint density at radius 2 is 1.57 bits per heavy atom. The normalized spacial score (nSPS) is 15.8. The summed E-state index contributed by atoms with van der Waals surface area (Å²) in [7, 11) is 0. The molecule has 0 amide bonds. The van der Waals surface area contributed by atoms with Crippen LogP contribution in [0.5, 0.6) is 0 Å². The second kappa shape index (κ2) is 6.95. The predicted octanol–water partition coefficient (Wildman–Crippen LogP) is 5.34. The van der Waals surface area contributed by atoms with Gasteiger partial charge in [-0.2, -0.15) is 0 Å². The van der Waals surface area contributed by atoms with E-state index in [1.807, 2.05) is 54.2 Å². The molecule has 2 heteroatoms. The molecular weight excluding hydrogens is 276 g/mol. The lowest BCUT2D eigenvalue weighted by Crippen LogP contribution is -2.08. The van der Waals surface area contributed by atoms with Gasteiger partial charge < -0.3 is 0 Å². The van der Waals surface area contributed by atoms with Crippen molar-refractivity contribution in [2.75, 3.05) is 0 Å². The molecule has 2 aromatic rings. The van der Waals surface area contributed by atoms with Crippen LogP contribution in [0.3, 0.4) is 0 Å². The molecular formula is C19H20OS. The number of hydrogen-bond donors (Lipinski definition) is 0. The highest BCUT2D eigenvalue weighted by atomic mass is 32.2. The van der Waals surface area contributed by atoms with Gasteiger partial charge >= 0.3 is 0 Å². The minimum Gasteiger partial charge on any atom is -0.289 e. The Hall–Kier alpha value is -1.54. The van der Waals surface area contributed by atoms with Crippen molar-refractivity contribution in [2.45, 2.75) is 42.2 Å². The molecule has 0 radical (unpaired) electrons. The Balaban J connectivity index is 1.75. The third kappa shape index (κ3) is 3.76. The van der Waals surface area contributed by atoms with Crippen LogP contribution in [-0.2, 0) is 0 Å². The summed E-state index contributed by atoms with van der Waals surface area (Å²) in [5, 5.41) is 0.723. The van der Waals surface area contributed by atoms with Gasteiger partial charge in [0.2, 0.25) is 0 Å². The molecule has 0 atom stereocenters. The average molecular weight is 296 g/mol. The molecule has 0 saturated heterocycles. The maximum atomic E-state index is 12.5. The lowest BCUT2D eigenvalue weighted by Gasteiger charge is -2.21.